The maximum Gasteiger partial charge on any atom is 0.242 e. The molecule has 17 heavy (non-hydrogen) atoms. The quantitative estimate of drug-likeness (QED) is 0.735. The molecule has 0 bridgehead atoms. The van der Waals surface area contributed by atoms with Crippen LogP contribution in [0.15, 0.2) is 6.33 Å². The van der Waals surface area contributed by atoms with Crippen molar-refractivity contribution in [1.82, 2.24) is 14.9 Å². The average Bonchev–Trinajstić information content (AvgIpc) is 2.33. The van der Waals surface area contributed by atoms with Crippen LogP contribution in [0.5, 0.6) is 5.88 Å². The molecule has 2 heterocycles. The summed E-state index contributed by atoms with van der Waals surface area (Å²) in [5.41, 5.74) is 6.26. The number of methoxy groups -OCH3 is 1. The van der Waals surface area contributed by atoms with Gasteiger partial charge in [-0.15, -0.1) is 0 Å². The van der Waals surface area contributed by atoms with Crippen LogP contribution in [0.4, 0.5) is 11.5 Å². The molecule has 92 valence electrons. The minimum Gasteiger partial charge on any atom is -0.479 e. The van der Waals surface area contributed by atoms with Crippen LogP contribution in [-0.2, 0) is 4.79 Å². The molecule has 1 saturated heterocycles. The van der Waals surface area contributed by atoms with E-state index in [1.165, 1.54) is 13.4 Å². The first-order chi connectivity index (χ1) is 8.13. The summed E-state index contributed by atoms with van der Waals surface area (Å²) < 4.78 is 5.03. The number of anilines is 2. The van der Waals surface area contributed by atoms with Crippen molar-refractivity contribution in [2.75, 3.05) is 44.4 Å². The van der Waals surface area contributed by atoms with Crippen molar-refractivity contribution in [2.24, 2.45) is 0 Å². The van der Waals surface area contributed by atoms with Crippen LogP contribution in [0, 0.1) is 0 Å². The van der Waals surface area contributed by atoms with Gasteiger partial charge in [-0.25, -0.2) is 4.98 Å². The van der Waals surface area contributed by atoms with Gasteiger partial charge in [-0.2, -0.15) is 4.98 Å². The molecule has 0 atom stereocenters. The summed E-state index contributed by atoms with van der Waals surface area (Å²) in [4.78, 5) is 23.1. The van der Waals surface area contributed by atoms with E-state index in [2.05, 4.69) is 9.97 Å². The SMILES string of the molecule is COc1ncnc(N2CCN(C)C(=O)C2)c1N. The van der Waals surface area contributed by atoms with Crippen molar-refractivity contribution in [3.8, 4) is 5.88 Å². The molecule has 0 aromatic carbocycles. The van der Waals surface area contributed by atoms with Crippen molar-refractivity contribution < 1.29 is 9.53 Å². The molecule has 1 aliphatic heterocycles. The van der Waals surface area contributed by atoms with Crippen LogP contribution in [-0.4, -0.2) is 54.6 Å². The molecule has 0 unspecified atom stereocenters. The fourth-order valence-corrected chi connectivity index (χ4v) is 1.72. The Morgan fingerprint density at radius 1 is 1.41 bits per heavy atom. The molecule has 1 fully saturated rings. The Morgan fingerprint density at radius 3 is 2.82 bits per heavy atom. The molecule has 2 N–H and O–H groups in total. The van der Waals surface area contributed by atoms with Crippen LogP contribution < -0.4 is 15.4 Å². The molecule has 0 spiro atoms. The zero-order valence-electron chi connectivity index (χ0n) is 9.88. The predicted molar refractivity (Wildman–Crippen MR) is 62.8 cm³/mol. The van der Waals surface area contributed by atoms with Crippen LogP contribution in [0.3, 0.4) is 0 Å². The summed E-state index contributed by atoms with van der Waals surface area (Å²) in [6.45, 7) is 1.64. The number of carbonyl (C=O) groups is 1. The number of nitrogens with zero attached hydrogens (tertiary/aromatic N) is 4. The highest BCUT2D eigenvalue weighted by atomic mass is 16.5. The van der Waals surface area contributed by atoms with Gasteiger partial charge < -0.3 is 20.3 Å². The van der Waals surface area contributed by atoms with Gasteiger partial charge in [0, 0.05) is 20.1 Å². The molecule has 0 saturated carbocycles. The summed E-state index contributed by atoms with van der Waals surface area (Å²) >= 11 is 0. The largest absolute Gasteiger partial charge is 0.479 e. The van der Waals surface area contributed by atoms with E-state index >= 15 is 0 Å². The van der Waals surface area contributed by atoms with E-state index in [0.29, 0.717) is 30.5 Å². The van der Waals surface area contributed by atoms with Gasteiger partial charge in [0.05, 0.1) is 13.7 Å². The zero-order valence-corrected chi connectivity index (χ0v) is 9.88. The minimum atomic E-state index is 0.0493. The first kappa shape index (κ1) is 11.4. The van der Waals surface area contributed by atoms with Crippen molar-refractivity contribution in [3.63, 3.8) is 0 Å². The second kappa shape index (κ2) is 4.44. The maximum absolute atomic E-state index is 11.6. The van der Waals surface area contributed by atoms with E-state index < -0.39 is 0 Å². The van der Waals surface area contributed by atoms with Gasteiger partial charge >= 0.3 is 0 Å². The van der Waals surface area contributed by atoms with Gasteiger partial charge in [0.15, 0.2) is 5.82 Å². The Hall–Kier alpha value is -2.05. The number of ether oxygens (including phenoxy) is 1. The number of nitrogens with two attached hydrogens (primary N) is 1. The first-order valence-corrected chi connectivity index (χ1v) is 5.27. The third-order valence-corrected chi connectivity index (χ3v) is 2.78. The summed E-state index contributed by atoms with van der Waals surface area (Å²) in [6, 6.07) is 0. The molecule has 0 aliphatic carbocycles. The summed E-state index contributed by atoms with van der Waals surface area (Å²) in [7, 11) is 3.28. The van der Waals surface area contributed by atoms with Gasteiger partial charge in [-0.1, -0.05) is 0 Å². The van der Waals surface area contributed by atoms with Crippen LogP contribution in [0.1, 0.15) is 0 Å². The van der Waals surface area contributed by atoms with Crippen molar-refractivity contribution in [1.29, 1.82) is 0 Å². The Balaban J connectivity index is 2.26. The number of nitrogen functional groups attached to an aromatic ring is 1. The van der Waals surface area contributed by atoms with Crippen LogP contribution in [0.25, 0.3) is 0 Å². The van der Waals surface area contributed by atoms with Gasteiger partial charge in [-0.05, 0) is 0 Å². The van der Waals surface area contributed by atoms with Gasteiger partial charge in [0.2, 0.25) is 11.8 Å². The standard InChI is InChI=1S/C10H15N5O2/c1-14-3-4-15(5-7(14)16)9-8(11)10(17-2)13-6-12-9/h6H,3-5,11H2,1-2H3. The smallest absolute Gasteiger partial charge is 0.242 e. The normalized spacial score (nSPS) is 16.2. The molecule has 7 nitrogen and oxygen atoms in total. The number of carbonyl (C=O) groups excluding carboxylic acids is 1. The van der Waals surface area contributed by atoms with E-state index in [0.717, 1.165) is 0 Å². The number of hydrogen-bond donors (Lipinski definition) is 1. The first-order valence-electron chi connectivity index (χ1n) is 5.27. The number of amides is 1. The monoisotopic (exact) mass is 237 g/mol. The van der Waals surface area contributed by atoms with E-state index in [1.807, 2.05) is 4.90 Å². The summed E-state index contributed by atoms with van der Waals surface area (Å²) in [5, 5.41) is 0. The molecule has 1 amide bonds. The Labute approximate surface area is 99.2 Å². The molecule has 1 aliphatic rings. The number of piperazine rings is 1. The fraction of sp³-hybridized carbons (Fsp3) is 0.500. The Kier molecular flexibility index (Phi) is 2.99. The van der Waals surface area contributed by atoms with Gasteiger partial charge in [0.25, 0.3) is 0 Å². The third kappa shape index (κ3) is 2.08. The highest BCUT2D eigenvalue weighted by Gasteiger charge is 2.24. The highest BCUT2D eigenvalue weighted by Crippen LogP contribution is 2.27. The van der Waals surface area contributed by atoms with E-state index in [1.54, 1.807) is 11.9 Å². The number of hydrogen-bond acceptors (Lipinski definition) is 6. The Morgan fingerprint density at radius 2 is 2.18 bits per heavy atom. The molecule has 1 aromatic rings. The van der Waals surface area contributed by atoms with E-state index in [4.69, 9.17) is 10.5 Å². The molecule has 1 aromatic heterocycles. The predicted octanol–water partition coefficient (Wildman–Crippen LogP) is -0.654. The van der Waals surface area contributed by atoms with Crippen molar-refractivity contribution in [2.45, 2.75) is 0 Å². The van der Waals surface area contributed by atoms with Gasteiger partial charge in [0.1, 0.15) is 12.0 Å². The number of rotatable bonds is 2. The second-order valence-electron chi connectivity index (χ2n) is 3.86. The number of aromatic nitrogens is 2. The van der Waals surface area contributed by atoms with Crippen LogP contribution in [0.2, 0.25) is 0 Å². The highest BCUT2D eigenvalue weighted by molar-refractivity contribution is 5.84. The summed E-state index contributed by atoms with van der Waals surface area (Å²) in [5.74, 6) is 0.938. The third-order valence-electron chi connectivity index (χ3n) is 2.78. The van der Waals surface area contributed by atoms with Crippen molar-refractivity contribution >= 4 is 17.4 Å². The maximum atomic E-state index is 11.6. The average molecular weight is 237 g/mol. The number of likely N-dealkylation sites (N-methyl/N-ethyl adjacent to an activating group) is 1. The van der Waals surface area contributed by atoms with Crippen LogP contribution >= 0.6 is 0 Å². The lowest BCUT2D eigenvalue weighted by Gasteiger charge is -2.33. The molecule has 0 radical (unpaired) electrons. The molecule has 7 heteroatoms. The molecular formula is C10H15N5O2. The lowest BCUT2D eigenvalue weighted by molar-refractivity contribution is -0.129. The Bertz CT molecular complexity index is 437. The van der Waals surface area contributed by atoms with E-state index in [9.17, 15) is 4.79 Å². The minimum absolute atomic E-state index is 0.0493. The molecule has 2 rings (SSSR count). The lowest BCUT2D eigenvalue weighted by Crippen LogP contribution is -2.49. The van der Waals surface area contributed by atoms with Crippen molar-refractivity contribution in [3.05, 3.63) is 6.33 Å². The lowest BCUT2D eigenvalue weighted by atomic mass is 10.3. The zero-order chi connectivity index (χ0) is 12.4. The summed E-state index contributed by atoms with van der Waals surface area (Å²) in [6.07, 6.45) is 1.38. The van der Waals surface area contributed by atoms with Gasteiger partial charge in [-0.3, -0.25) is 4.79 Å². The fourth-order valence-electron chi connectivity index (χ4n) is 1.72. The second-order valence-corrected chi connectivity index (χ2v) is 3.86. The molecular weight excluding hydrogens is 222 g/mol. The van der Waals surface area contributed by atoms with E-state index in [-0.39, 0.29) is 12.5 Å². The topological polar surface area (TPSA) is 84.6 Å².